The topological polar surface area (TPSA) is 42.0 Å². The number of anilines is 1. The predicted octanol–water partition coefficient (Wildman–Crippen LogP) is 4.70. The Labute approximate surface area is 131 Å². The second-order valence-electron chi connectivity index (χ2n) is 6.20. The van der Waals surface area contributed by atoms with Crippen LogP contribution in [0.5, 0.6) is 0 Å². The molecule has 3 heteroatoms. The highest BCUT2D eigenvalue weighted by molar-refractivity contribution is 5.97. The first-order valence-electron chi connectivity index (χ1n) is 8.01. The van der Waals surface area contributed by atoms with Crippen molar-refractivity contribution in [2.45, 2.75) is 38.5 Å². The van der Waals surface area contributed by atoms with Crippen molar-refractivity contribution in [3.8, 4) is 0 Å². The number of benzene rings is 1. The first-order valence-corrected chi connectivity index (χ1v) is 8.01. The lowest BCUT2D eigenvalue weighted by molar-refractivity contribution is -0.127. The van der Waals surface area contributed by atoms with Gasteiger partial charge in [-0.25, -0.2) is 0 Å². The number of nitrogens with zero attached hydrogens (tertiary/aromatic N) is 1. The lowest BCUT2D eigenvalue weighted by Gasteiger charge is -2.35. The normalized spacial score (nSPS) is 17.1. The summed E-state index contributed by atoms with van der Waals surface area (Å²) >= 11 is 0. The summed E-state index contributed by atoms with van der Waals surface area (Å²) in [6.07, 6.45) is 9.74. The molecule has 1 aromatic heterocycles. The standard InChI is InChI=1S/C19H22N2O/c1-2-10-19(11-6-3-7-12-19)18(22)21-16-13-15-8-4-5-9-17(15)20-14-16/h2,4-5,8-9,13-14H,1,3,6-7,10-12H2,(H,21,22). The molecule has 1 N–H and O–H groups in total. The highest BCUT2D eigenvalue weighted by Crippen LogP contribution is 2.40. The lowest BCUT2D eigenvalue weighted by atomic mass is 9.71. The number of carbonyl (C=O) groups excluding carboxylic acids is 1. The molecule has 1 saturated carbocycles. The van der Waals surface area contributed by atoms with E-state index in [4.69, 9.17) is 0 Å². The number of nitrogens with one attached hydrogen (secondary N) is 1. The van der Waals surface area contributed by atoms with E-state index in [1.54, 1.807) is 6.20 Å². The van der Waals surface area contributed by atoms with Crippen molar-refractivity contribution in [2.75, 3.05) is 5.32 Å². The van der Waals surface area contributed by atoms with E-state index in [9.17, 15) is 4.79 Å². The summed E-state index contributed by atoms with van der Waals surface area (Å²) in [5.41, 5.74) is 1.43. The second kappa shape index (κ2) is 6.30. The number of allylic oxidation sites excluding steroid dienone is 1. The van der Waals surface area contributed by atoms with Gasteiger partial charge in [-0.15, -0.1) is 6.58 Å². The minimum Gasteiger partial charge on any atom is -0.324 e. The first kappa shape index (κ1) is 14.8. The van der Waals surface area contributed by atoms with Crippen molar-refractivity contribution in [1.82, 2.24) is 4.98 Å². The Balaban J connectivity index is 1.82. The van der Waals surface area contributed by atoms with Crippen molar-refractivity contribution >= 4 is 22.5 Å². The largest absolute Gasteiger partial charge is 0.324 e. The van der Waals surface area contributed by atoms with E-state index in [2.05, 4.69) is 16.9 Å². The van der Waals surface area contributed by atoms with Gasteiger partial charge in [0.1, 0.15) is 0 Å². The summed E-state index contributed by atoms with van der Waals surface area (Å²) in [6, 6.07) is 9.93. The predicted molar refractivity (Wildman–Crippen MR) is 90.7 cm³/mol. The molecule has 0 spiro atoms. The number of carbonyl (C=O) groups is 1. The summed E-state index contributed by atoms with van der Waals surface area (Å²) in [6.45, 7) is 3.84. The van der Waals surface area contributed by atoms with Gasteiger partial charge >= 0.3 is 0 Å². The zero-order valence-electron chi connectivity index (χ0n) is 12.8. The maximum atomic E-state index is 12.8. The Morgan fingerprint density at radius 2 is 2.05 bits per heavy atom. The fourth-order valence-electron chi connectivity index (χ4n) is 3.43. The van der Waals surface area contributed by atoms with Crippen LogP contribution in [0.4, 0.5) is 5.69 Å². The van der Waals surface area contributed by atoms with Crippen LogP contribution in [0.25, 0.3) is 10.9 Å². The third-order valence-electron chi connectivity index (χ3n) is 4.68. The summed E-state index contributed by atoms with van der Waals surface area (Å²) in [7, 11) is 0. The number of pyridine rings is 1. The quantitative estimate of drug-likeness (QED) is 0.830. The average Bonchev–Trinajstić information content (AvgIpc) is 2.56. The molecule has 0 unspecified atom stereocenters. The van der Waals surface area contributed by atoms with Gasteiger partial charge in [-0.2, -0.15) is 0 Å². The summed E-state index contributed by atoms with van der Waals surface area (Å²) in [4.78, 5) is 17.2. The number of hydrogen-bond donors (Lipinski definition) is 1. The zero-order valence-corrected chi connectivity index (χ0v) is 12.8. The molecular weight excluding hydrogens is 272 g/mol. The van der Waals surface area contributed by atoms with E-state index >= 15 is 0 Å². The van der Waals surface area contributed by atoms with Gasteiger partial charge in [-0.1, -0.05) is 43.5 Å². The molecule has 0 atom stereocenters. The third kappa shape index (κ3) is 2.89. The maximum Gasteiger partial charge on any atom is 0.230 e. The molecule has 3 nitrogen and oxygen atoms in total. The molecule has 1 amide bonds. The number of hydrogen-bond acceptors (Lipinski definition) is 2. The molecule has 1 heterocycles. The van der Waals surface area contributed by atoms with E-state index in [1.807, 2.05) is 36.4 Å². The average molecular weight is 294 g/mol. The number of para-hydroxylation sites is 1. The van der Waals surface area contributed by atoms with E-state index < -0.39 is 0 Å². The SMILES string of the molecule is C=CCC1(C(=O)Nc2cnc3ccccc3c2)CCCCC1. The highest BCUT2D eigenvalue weighted by atomic mass is 16.2. The molecule has 1 aliphatic rings. The zero-order chi connectivity index (χ0) is 15.4. The van der Waals surface area contributed by atoms with Crippen LogP contribution in [0.2, 0.25) is 0 Å². The molecule has 2 aromatic rings. The van der Waals surface area contributed by atoms with Crippen LogP contribution in [0.15, 0.2) is 49.2 Å². The Hall–Kier alpha value is -2.16. The van der Waals surface area contributed by atoms with Crippen molar-refractivity contribution in [1.29, 1.82) is 0 Å². The van der Waals surface area contributed by atoms with Crippen molar-refractivity contribution in [3.05, 3.63) is 49.2 Å². The lowest BCUT2D eigenvalue weighted by Crippen LogP contribution is -2.37. The fourth-order valence-corrected chi connectivity index (χ4v) is 3.43. The summed E-state index contributed by atoms with van der Waals surface area (Å²) in [5.74, 6) is 0.115. The molecule has 1 fully saturated rings. The minimum atomic E-state index is -0.286. The number of rotatable bonds is 4. The Morgan fingerprint density at radius 3 is 2.82 bits per heavy atom. The third-order valence-corrected chi connectivity index (χ3v) is 4.68. The summed E-state index contributed by atoms with van der Waals surface area (Å²) in [5, 5.41) is 4.12. The Kier molecular flexibility index (Phi) is 4.23. The van der Waals surface area contributed by atoms with Gasteiger partial charge in [-0.05, 0) is 31.4 Å². The van der Waals surface area contributed by atoms with E-state index in [0.29, 0.717) is 0 Å². The molecule has 3 rings (SSSR count). The van der Waals surface area contributed by atoms with Crippen LogP contribution < -0.4 is 5.32 Å². The van der Waals surface area contributed by atoms with Crippen LogP contribution in [0, 0.1) is 5.41 Å². The van der Waals surface area contributed by atoms with Gasteiger partial charge in [0.15, 0.2) is 0 Å². The molecule has 114 valence electrons. The van der Waals surface area contributed by atoms with Gasteiger partial charge in [0.05, 0.1) is 22.8 Å². The Morgan fingerprint density at radius 1 is 1.27 bits per heavy atom. The molecule has 1 aromatic carbocycles. The van der Waals surface area contributed by atoms with Crippen LogP contribution >= 0.6 is 0 Å². The molecule has 1 aliphatic carbocycles. The molecule has 0 bridgehead atoms. The van der Waals surface area contributed by atoms with Crippen LogP contribution in [-0.4, -0.2) is 10.9 Å². The number of amides is 1. The molecule has 22 heavy (non-hydrogen) atoms. The molecular formula is C19H22N2O. The maximum absolute atomic E-state index is 12.8. The fraction of sp³-hybridized carbons (Fsp3) is 0.368. The molecule has 0 aliphatic heterocycles. The van der Waals surface area contributed by atoms with Crippen molar-refractivity contribution < 1.29 is 4.79 Å². The number of fused-ring (bicyclic) bond motifs is 1. The smallest absolute Gasteiger partial charge is 0.230 e. The van der Waals surface area contributed by atoms with E-state index in [1.165, 1.54) is 6.42 Å². The van der Waals surface area contributed by atoms with E-state index in [0.717, 1.165) is 48.7 Å². The van der Waals surface area contributed by atoms with Gasteiger partial charge in [0, 0.05) is 5.39 Å². The second-order valence-corrected chi connectivity index (χ2v) is 6.20. The first-order chi connectivity index (χ1) is 10.7. The number of aromatic nitrogens is 1. The van der Waals surface area contributed by atoms with E-state index in [-0.39, 0.29) is 11.3 Å². The van der Waals surface area contributed by atoms with Gasteiger partial charge in [0.2, 0.25) is 5.91 Å². The van der Waals surface area contributed by atoms with Crippen LogP contribution in [0.1, 0.15) is 38.5 Å². The molecule has 0 radical (unpaired) electrons. The van der Waals surface area contributed by atoms with Crippen molar-refractivity contribution in [3.63, 3.8) is 0 Å². The van der Waals surface area contributed by atoms with Crippen LogP contribution in [0.3, 0.4) is 0 Å². The van der Waals surface area contributed by atoms with Gasteiger partial charge in [0.25, 0.3) is 0 Å². The summed E-state index contributed by atoms with van der Waals surface area (Å²) < 4.78 is 0. The minimum absolute atomic E-state index is 0.115. The highest BCUT2D eigenvalue weighted by Gasteiger charge is 2.38. The van der Waals surface area contributed by atoms with Gasteiger partial charge < -0.3 is 5.32 Å². The van der Waals surface area contributed by atoms with Crippen LogP contribution in [-0.2, 0) is 4.79 Å². The Bertz CT molecular complexity index is 687. The van der Waals surface area contributed by atoms with Gasteiger partial charge in [-0.3, -0.25) is 9.78 Å². The van der Waals surface area contributed by atoms with Crippen molar-refractivity contribution in [2.24, 2.45) is 5.41 Å². The monoisotopic (exact) mass is 294 g/mol. The molecule has 0 saturated heterocycles.